The van der Waals surface area contributed by atoms with E-state index >= 15 is 0 Å². The van der Waals surface area contributed by atoms with Crippen molar-refractivity contribution in [3.05, 3.63) is 24.2 Å². The molecule has 126 valence electrons. The molecular formula is C18H25FN2O2. The van der Waals surface area contributed by atoms with Crippen LogP contribution in [0.15, 0.2) is 22.8 Å². The fraction of sp³-hybridized carbons (Fsp3) is 0.722. The van der Waals surface area contributed by atoms with Gasteiger partial charge in [0.25, 0.3) is 0 Å². The Hall–Kier alpha value is -1.36. The highest BCUT2D eigenvalue weighted by atomic mass is 19.1. The zero-order valence-electron chi connectivity index (χ0n) is 13.7. The zero-order valence-corrected chi connectivity index (χ0v) is 13.7. The molecule has 4 rings (SSSR count). The first-order valence-corrected chi connectivity index (χ1v) is 8.75. The van der Waals surface area contributed by atoms with Gasteiger partial charge in [0.2, 0.25) is 5.91 Å². The SMILES string of the molecule is C[C@@H]1C[C@@H]1C(=O)N1CC[C@H](F)[C@@]2(CCN(Cc3ccco3)C2)C1. The van der Waals surface area contributed by atoms with Gasteiger partial charge in [-0.25, -0.2) is 4.39 Å². The van der Waals surface area contributed by atoms with Crippen LogP contribution in [0.3, 0.4) is 0 Å². The fourth-order valence-corrected chi connectivity index (χ4v) is 4.35. The molecule has 2 saturated heterocycles. The average Bonchev–Trinajstić information content (AvgIpc) is 2.92. The molecule has 3 heterocycles. The van der Waals surface area contributed by atoms with Gasteiger partial charge in [-0.05, 0) is 43.9 Å². The van der Waals surface area contributed by atoms with Crippen molar-refractivity contribution in [3.63, 3.8) is 0 Å². The summed E-state index contributed by atoms with van der Waals surface area (Å²) in [5, 5.41) is 0. The minimum atomic E-state index is -0.801. The number of piperidine rings is 1. The second kappa shape index (κ2) is 5.62. The molecule has 4 atom stereocenters. The summed E-state index contributed by atoms with van der Waals surface area (Å²) in [4.78, 5) is 16.7. The van der Waals surface area contributed by atoms with Crippen molar-refractivity contribution in [1.29, 1.82) is 0 Å². The molecule has 0 N–H and O–H groups in total. The van der Waals surface area contributed by atoms with Crippen LogP contribution >= 0.6 is 0 Å². The Morgan fingerprint density at radius 3 is 2.96 bits per heavy atom. The third-order valence-electron chi connectivity index (χ3n) is 5.98. The van der Waals surface area contributed by atoms with Crippen molar-refractivity contribution in [1.82, 2.24) is 9.80 Å². The van der Waals surface area contributed by atoms with Crippen LogP contribution in [0.2, 0.25) is 0 Å². The number of hydrogen-bond acceptors (Lipinski definition) is 3. The van der Waals surface area contributed by atoms with Gasteiger partial charge in [0.15, 0.2) is 0 Å². The summed E-state index contributed by atoms with van der Waals surface area (Å²) in [5.41, 5.74) is -0.376. The Bertz CT molecular complexity index is 576. The number of rotatable bonds is 3. The average molecular weight is 320 g/mol. The Morgan fingerprint density at radius 2 is 2.26 bits per heavy atom. The topological polar surface area (TPSA) is 36.7 Å². The molecule has 0 radical (unpaired) electrons. The highest BCUT2D eigenvalue weighted by Gasteiger charge is 2.51. The lowest BCUT2D eigenvalue weighted by atomic mass is 9.77. The number of nitrogens with zero attached hydrogens (tertiary/aromatic N) is 2. The second-order valence-corrected chi connectivity index (χ2v) is 7.74. The molecular weight excluding hydrogens is 295 g/mol. The fourth-order valence-electron chi connectivity index (χ4n) is 4.35. The quantitative estimate of drug-likeness (QED) is 0.859. The summed E-state index contributed by atoms with van der Waals surface area (Å²) in [6, 6.07) is 3.85. The van der Waals surface area contributed by atoms with Gasteiger partial charge in [0.05, 0.1) is 12.8 Å². The number of likely N-dealkylation sites (tertiary alicyclic amines) is 2. The summed E-state index contributed by atoms with van der Waals surface area (Å²) in [7, 11) is 0. The van der Waals surface area contributed by atoms with E-state index in [1.54, 1.807) is 6.26 Å². The Morgan fingerprint density at radius 1 is 1.43 bits per heavy atom. The maximum absolute atomic E-state index is 14.7. The van der Waals surface area contributed by atoms with Gasteiger partial charge in [-0.3, -0.25) is 9.69 Å². The molecule has 1 aromatic heterocycles. The lowest BCUT2D eigenvalue weighted by molar-refractivity contribution is -0.138. The van der Waals surface area contributed by atoms with Crippen LogP contribution in [0.5, 0.6) is 0 Å². The minimum absolute atomic E-state index is 0.198. The first-order chi connectivity index (χ1) is 11.1. The van der Waals surface area contributed by atoms with Crippen LogP contribution in [0.1, 0.15) is 31.9 Å². The molecule has 1 amide bonds. The molecule has 1 aromatic rings. The van der Waals surface area contributed by atoms with E-state index in [-0.39, 0.29) is 17.2 Å². The predicted octanol–water partition coefficient (Wildman–Crippen LogP) is 2.70. The molecule has 0 unspecified atom stereocenters. The molecule has 1 saturated carbocycles. The van der Waals surface area contributed by atoms with Crippen LogP contribution in [0.4, 0.5) is 4.39 Å². The first kappa shape index (κ1) is 15.2. The Labute approximate surface area is 136 Å². The predicted molar refractivity (Wildman–Crippen MR) is 84.4 cm³/mol. The highest BCUT2D eigenvalue weighted by molar-refractivity contribution is 5.81. The molecule has 3 fully saturated rings. The van der Waals surface area contributed by atoms with Gasteiger partial charge in [-0.1, -0.05) is 6.92 Å². The van der Waals surface area contributed by atoms with E-state index in [0.717, 1.165) is 38.2 Å². The van der Waals surface area contributed by atoms with E-state index in [1.807, 2.05) is 17.0 Å². The monoisotopic (exact) mass is 320 g/mol. The second-order valence-electron chi connectivity index (χ2n) is 7.74. The summed E-state index contributed by atoms with van der Waals surface area (Å²) in [6.45, 7) is 5.63. The summed E-state index contributed by atoms with van der Waals surface area (Å²) in [5.74, 6) is 1.89. The van der Waals surface area contributed by atoms with Crippen molar-refractivity contribution in [2.75, 3.05) is 26.2 Å². The van der Waals surface area contributed by atoms with Crippen LogP contribution in [0.25, 0.3) is 0 Å². The standard InChI is InChI=1S/C18H25FN2O2/c1-13-9-15(13)17(22)21-6-4-16(19)18(12-21)5-7-20(11-18)10-14-3-2-8-23-14/h2-3,8,13,15-16H,4-7,9-12H2,1H3/t13-,15+,16+,18-/m1/s1. The molecule has 23 heavy (non-hydrogen) atoms. The first-order valence-electron chi connectivity index (χ1n) is 8.75. The van der Waals surface area contributed by atoms with E-state index in [0.29, 0.717) is 25.4 Å². The van der Waals surface area contributed by atoms with E-state index in [9.17, 15) is 9.18 Å². The molecule has 0 aromatic carbocycles. The summed E-state index contributed by atoms with van der Waals surface area (Å²) in [6.07, 6.45) is 3.20. The van der Waals surface area contributed by atoms with Crippen molar-refractivity contribution in [2.24, 2.45) is 17.3 Å². The largest absolute Gasteiger partial charge is 0.468 e. The lowest BCUT2D eigenvalue weighted by Gasteiger charge is -2.43. The van der Waals surface area contributed by atoms with Gasteiger partial charge in [-0.2, -0.15) is 0 Å². The van der Waals surface area contributed by atoms with Crippen molar-refractivity contribution in [3.8, 4) is 0 Å². The van der Waals surface area contributed by atoms with Crippen molar-refractivity contribution in [2.45, 2.75) is 38.9 Å². The molecule has 2 aliphatic heterocycles. The number of carbonyl (C=O) groups excluding carboxylic acids is 1. The summed E-state index contributed by atoms with van der Waals surface area (Å²) < 4.78 is 20.1. The number of alkyl halides is 1. The van der Waals surface area contributed by atoms with Gasteiger partial charge in [0.1, 0.15) is 11.9 Å². The lowest BCUT2D eigenvalue weighted by Crippen LogP contribution is -2.53. The maximum atomic E-state index is 14.7. The third-order valence-corrected chi connectivity index (χ3v) is 5.98. The molecule has 1 aliphatic carbocycles. The van der Waals surface area contributed by atoms with E-state index in [1.165, 1.54) is 0 Å². The molecule has 5 heteroatoms. The van der Waals surface area contributed by atoms with Crippen LogP contribution in [-0.4, -0.2) is 48.1 Å². The van der Waals surface area contributed by atoms with E-state index in [4.69, 9.17) is 4.42 Å². The summed E-state index contributed by atoms with van der Waals surface area (Å²) >= 11 is 0. The van der Waals surface area contributed by atoms with E-state index in [2.05, 4.69) is 11.8 Å². The van der Waals surface area contributed by atoms with Gasteiger partial charge in [-0.15, -0.1) is 0 Å². The van der Waals surface area contributed by atoms with Crippen LogP contribution in [0, 0.1) is 17.3 Å². The highest BCUT2D eigenvalue weighted by Crippen LogP contribution is 2.44. The number of furan rings is 1. The molecule has 4 nitrogen and oxygen atoms in total. The molecule has 0 bridgehead atoms. The number of hydrogen-bond donors (Lipinski definition) is 0. The molecule has 3 aliphatic rings. The number of carbonyl (C=O) groups is 1. The normalized spacial score (nSPS) is 37.5. The third kappa shape index (κ3) is 2.80. The molecule has 1 spiro atoms. The van der Waals surface area contributed by atoms with Crippen molar-refractivity contribution >= 4 is 5.91 Å². The minimum Gasteiger partial charge on any atom is -0.468 e. The number of amides is 1. The van der Waals surface area contributed by atoms with Gasteiger partial charge in [0, 0.05) is 31.0 Å². The van der Waals surface area contributed by atoms with Crippen molar-refractivity contribution < 1.29 is 13.6 Å². The Balaban J connectivity index is 1.42. The maximum Gasteiger partial charge on any atom is 0.225 e. The van der Waals surface area contributed by atoms with Crippen LogP contribution in [-0.2, 0) is 11.3 Å². The van der Waals surface area contributed by atoms with Gasteiger partial charge >= 0.3 is 0 Å². The zero-order chi connectivity index (χ0) is 16.0. The smallest absolute Gasteiger partial charge is 0.225 e. The van der Waals surface area contributed by atoms with E-state index < -0.39 is 6.17 Å². The van der Waals surface area contributed by atoms with Gasteiger partial charge < -0.3 is 9.32 Å². The number of halogens is 1. The Kier molecular flexibility index (Phi) is 3.71. The van der Waals surface area contributed by atoms with Crippen LogP contribution < -0.4 is 0 Å².